The molecule has 1 heterocycles. The summed E-state index contributed by atoms with van der Waals surface area (Å²) in [7, 11) is 4.25. The van der Waals surface area contributed by atoms with E-state index in [2.05, 4.69) is 36.0 Å². The van der Waals surface area contributed by atoms with E-state index >= 15 is 0 Å². The SMILES string of the molecule is CN(C)CC1CCCN1Cc1ccccc1C#N. The molecule has 1 aliphatic rings. The monoisotopic (exact) mass is 243 g/mol. The van der Waals surface area contributed by atoms with Gasteiger partial charge in [0.25, 0.3) is 0 Å². The minimum atomic E-state index is 0.631. The number of rotatable bonds is 4. The summed E-state index contributed by atoms with van der Waals surface area (Å²) in [4.78, 5) is 4.76. The van der Waals surface area contributed by atoms with Crippen LogP contribution < -0.4 is 0 Å². The maximum absolute atomic E-state index is 9.13. The van der Waals surface area contributed by atoms with Gasteiger partial charge in [0.05, 0.1) is 11.6 Å². The van der Waals surface area contributed by atoms with Crippen LogP contribution in [0.4, 0.5) is 0 Å². The maximum Gasteiger partial charge on any atom is 0.0995 e. The van der Waals surface area contributed by atoms with E-state index in [9.17, 15) is 0 Å². The molecule has 1 saturated heterocycles. The first-order valence-electron chi connectivity index (χ1n) is 6.57. The van der Waals surface area contributed by atoms with Crippen molar-refractivity contribution in [2.75, 3.05) is 27.2 Å². The zero-order valence-electron chi connectivity index (χ0n) is 11.3. The molecule has 0 radical (unpaired) electrons. The summed E-state index contributed by atoms with van der Waals surface area (Å²) in [5.74, 6) is 0. The van der Waals surface area contributed by atoms with Crippen LogP contribution >= 0.6 is 0 Å². The number of hydrogen-bond donors (Lipinski definition) is 0. The van der Waals surface area contributed by atoms with E-state index in [0.29, 0.717) is 6.04 Å². The van der Waals surface area contributed by atoms with Gasteiger partial charge < -0.3 is 4.90 Å². The van der Waals surface area contributed by atoms with E-state index in [4.69, 9.17) is 5.26 Å². The van der Waals surface area contributed by atoms with Crippen LogP contribution in [0.25, 0.3) is 0 Å². The molecule has 2 rings (SSSR count). The van der Waals surface area contributed by atoms with Crippen molar-refractivity contribution < 1.29 is 0 Å². The molecular weight excluding hydrogens is 222 g/mol. The molecule has 1 aromatic rings. The van der Waals surface area contributed by atoms with Gasteiger partial charge in [0, 0.05) is 19.1 Å². The average molecular weight is 243 g/mol. The Balaban J connectivity index is 2.06. The van der Waals surface area contributed by atoms with Crippen LogP contribution in [0.1, 0.15) is 24.0 Å². The summed E-state index contributed by atoms with van der Waals surface area (Å²) in [5.41, 5.74) is 1.97. The van der Waals surface area contributed by atoms with Crippen molar-refractivity contribution in [1.82, 2.24) is 9.80 Å². The predicted molar refractivity (Wildman–Crippen MR) is 73.1 cm³/mol. The first-order valence-corrected chi connectivity index (χ1v) is 6.57. The third-order valence-electron chi connectivity index (χ3n) is 3.59. The molecule has 1 unspecified atom stereocenters. The molecule has 0 spiro atoms. The predicted octanol–water partition coefficient (Wildman–Crippen LogP) is 2.08. The van der Waals surface area contributed by atoms with Crippen molar-refractivity contribution >= 4 is 0 Å². The smallest absolute Gasteiger partial charge is 0.0995 e. The fraction of sp³-hybridized carbons (Fsp3) is 0.533. The molecule has 1 atom stereocenters. The molecule has 0 aliphatic carbocycles. The minimum absolute atomic E-state index is 0.631. The van der Waals surface area contributed by atoms with Gasteiger partial charge >= 0.3 is 0 Å². The standard InChI is InChI=1S/C15H21N3/c1-17(2)12-15-8-5-9-18(15)11-14-7-4-3-6-13(14)10-16/h3-4,6-7,15H,5,8-9,11-12H2,1-2H3. The zero-order valence-corrected chi connectivity index (χ0v) is 11.3. The summed E-state index contributed by atoms with van der Waals surface area (Å²) in [5, 5.41) is 9.13. The number of likely N-dealkylation sites (tertiary alicyclic amines) is 1. The lowest BCUT2D eigenvalue weighted by molar-refractivity contribution is 0.201. The van der Waals surface area contributed by atoms with Crippen molar-refractivity contribution in [3.63, 3.8) is 0 Å². The van der Waals surface area contributed by atoms with Crippen LogP contribution in [0.15, 0.2) is 24.3 Å². The first-order chi connectivity index (χ1) is 8.70. The molecular formula is C15H21N3. The van der Waals surface area contributed by atoms with Crippen molar-refractivity contribution in [1.29, 1.82) is 5.26 Å². The molecule has 0 saturated carbocycles. The van der Waals surface area contributed by atoms with Crippen molar-refractivity contribution in [2.24, 2.45) is 0 Å². The Morgan fingerprint density at radius 2 is 2.17 bits per heavy atom. The first kappa shape index (κ1) is 13.1. The summed E-state index contributed by atoms with van der Waals surface area (Å²) in [6.07, 6.45) is 2.54. The fourth-order valence-corrected chi connectivity index (χ4v) is 2.72. The Labute approximate surface area is 110 Å². The number of nitriles is 1. The number of hydrogen-bond acceptors (Lipinski definition) is 3. The molecule has 0 amide bonds. The van der Waals surface area contributed by atoms with Crippen molar-refractivity contribution in [2.45, 2.75) is 25.4 Å². The normalized spacial score (nSPS) is 20.2. The Kier molecular flexibility index (Phi) is 4.35. The van der Waals surface area contributed by atoms with Gasteiger partial charge in [0.2, 0.25) is 0 Å². The second kappa shape index (κ2) is 5.99. The Morgan fingerprint density at radius 1 is 1.39 bits per heavy atom. The van der Waals surface area contributed by atoms with E-state index in [-0.39, 0.29) is 0 Å². The van der Waals surface area contributed by atoms with Crippen molar-refractivity contribution in [3.05, 3.63) is 35.4 Å². The molecule has 0 bridgehead atoms. The van der Waals surface area contributed by atoms with E-state index in [0.717, 1.165) is 30.8 Å². The van der Waals surface area contributed by atoms with Gasteiger partial charge in [-0.25, -0.2) is 0 Å². The van der Waals surface area contributed by atoms with Gasteiger partial charge in [-0.2, -0.15) is 5.26 Å². The van der Waals surface area contributed by atoms with Crippen LogP contribution in [0.2, 0.25) is 0 Å². The molecule has 1 aromatic carbocycles. The quantitative estimate of drug-likeness (QED) is 0.811. The summed E-state index contributed by atoms with van der Waals surface area (Å²) in [6.45, 7) is 3.16. The fourth-order valence-electron chi connectivity index (χ4n) is 2.72. The van der Waals surface area contributed by atoms with E-state index in [1.807, 2.05) is 18.2 Å². The molecule has 0 aromatic heterocycles. The largest absolute Gasteiger partial charge is 0.308 e. The van der Waals surface area contributed by atoms with Crippen LogP contribution in [0, 0.1) is 11.3 Å². The third kappa shape index (κ3) is 3.10. The van der Waals surface area contributed by atoms with Gasteiger partial charge in [-0.15, -0.1) is 0 Å². The van der Waals surface area contributed by atoms with Gasteiger partial charge in [-0.1, -0.05) is 18.2 Å². The molecule has 18 heavy (non-hydrogen) atoms. The van der Waals surface area contributed by atoms with Gasteiger partial charge in [-0.05, 0) is 45.1 Å². The third-order valence-corrected chi connectivity index (χ3v) is 3.59. The van der Waals surface area contributed by atoms with E-state index < -0.39 is 0 Å². The van der Waals surface area contributed by atoms with Crippen LogP contribution in [0.5, 0.6) is 0 Å². The Hall–Kier alpha value is -1.37. The number of likely N-dealkylation sites (N-methyl/N-ethyl adjacent to an activating group) is 1. The van der Waals surface area contributed by atoms with E-state index in [1.54, 1.807) is 0 Å². The number of nitrogens with zero attached hydrogens (tertiary/aromatic N) is 3. The molecule has 3 heteroatoms. The van der Waals surface area contributed by atoms with Gasteiger partial charge in [0.15, 0.2) is 0 Å². The maximum atomic E-state index is 9.13. The average Bonchev–Trinajstić information content (AvgIpc) is 2.76. The highest BCUT2D eigenvalue weighted by Crippen LogP contribution is 2.21. The van der Waals surface area contributed by atoms with Crippen LogP contribution in [-0.4, -0.2) is 43.0 Å². The molecule has 3 nitrogen and oxygen atoms in total. The lowest BCUT2D eigenvalue weighted by atomic mass is 10.1. The molecule has 0 N–H and O–H groups in total. The summed E-state index contributed by atoms with van der Waals surface area (Å²) < 4.78 is 0. The summed E-state index contributed by atoms with van der Waals surface area (Å²) >= 11 is 0. The highest BCUT2D eigenvalue weighted by molar-refractivity contribution is 5.37. The second-order valence-electron chi connectivity index (χ2n) is 5.30. The highest BCUT2D eigenvalue weighted by atomic mass is 15.2. The lowest BCUT2D eigenvalue weighted by Gasteiger charge is -2.27. The Bertz CT molecular complexity index is 434. The highest BCUT2D eigenvalue weighted by Gasteiger charge is 2.25. The van der Waals surface area contributed by atoms with Gasteiger partial charge in [0.1, 0.15) is 0 Å². The second-order valence-corrected chi connectivity index (χ2v) is 5.30. The Morgan fingerprint density at radius 3 is 2.89 bits per heavy atom. The zero-order chi connectivity index (χ0) is 13.0. The summed E-state index contributed by atoms with van der Waals surface area (Å²) in [6, 6.07) is 10.9. The van der Waals surface area contributed by atoms with Crippen LogP contribution in [-0.2, 0) is 6.54 Å². The van der Waals surface area contributed by atoms with E-state index in [1.165, 1.54) is 12.8 Å². The van der Waals surface area contributed by atoms with Crippen LogP contribution in [0.3, 0.4) is 0 Å². The number of benzene rings is 1. The van der Waals surface area contributed by atoms with Crippen molar-refractivity contribution in [3.8, 4) is 6.07 Å². The lowest BCUT2D eigenvalue weighted by Crippen LogP contribution is -2.37. The molecule has 96 valence electrons. The van der Waals surface area contributed by atoms with Gasteiger partial charge in [-0.3, -0.25) is 4.90 Å². The topological polar surface area (TPSA) is 30.3 Å². The minimum Gasteiger partial charge on any atom is -0.308 e. The molecule has 1 aliphatic heterocycles. The molecule has 1 fully saturated rings.